The average Bonchev–Trinajstić information content (AvgIpc) is 2.19. The molecular weight excluding hydrogens is 184 g/mol. The van der Waals surface area contributed by atoms with Gasteiger partial charge in [-0.2, -0.15) is 0 Å². The molecule has 1 nitrogen and oxygen atoms in total. The Kier molecular flexibility index (Phi) is 3.11. The predicted molar refractivity (Wildman–Crippen MR) is 63.0 cm³/mol. The molecule has 2 rings (SSSR count). The van der Waals surface area contributed by atoms with Crippen LogP contribution < -0.4 is 0 Å². The van der Waals surface area contributed by atoms with E-state index in [1.54, 1.807) is 0 Å². The molecule has 1 heterocycles. The number of benzene rings is 1. The molecular formula is C14H20O. The maximum absolute atomic E-state index is 5.35. The molecule has 1 aromatic carbocycles. The van der Waals surface area contributed by atoms with Crippen molar-refractivity contribution in [2.45, 2.75) is 33.1 Å². The van der Waals surface area contributed by atoms with E-state index < -0.39 is 0 Å². The summed E-state index contributed by atoms with van der Waals surface area (Å²) in [6, 6.07) is 8.70. The molecule has 0 spiro atoms. The summed E-state index contributed by atoms with van der Waals surface area (Å²) in [5.74, 6) is 0. The van der Waals surface area contributed by atoms with Crippen molar-refractivity contribution in [3.8, 4) is 0 Å². The van der Waals surface area contributed by atoms with Gasteiger partial charge in [0.25, 0.3) is 0 Å². The quantitative estimate of drug-likeness (QED) is 0.730. The van der Waals surface area contributed by atoms with Gasteiger partial charge < -0.3 is 4.74 Å². The van der Waals surface area contributed by atoms with Crippen molar-refractivity contribution in [1.82, 2.24) is 0 Å². The molecule has 0 bridgehead atoms. The number of hydrogen-bond acceptors (Lipinski definition) is 1. The second kappa shape index (κ2) is 4.36. The van der Waals surface area contributed by atoms with Gasteiger partial charge in [-0.1, -0.05) is 31.2 Å². The van der Waals surface area contributed by atoms with E-state index >= 15 is 0 Å². The van der Waals surface area contributed by atoms with E-state index in [0.717, 1.165) is 13.2 Å². The molecule has 0 N–H and O–H groups in total. The lowest BCUT2D eigenvalue weighted by Crippen LogP contribution is -2.42. The van der Waals surface area contributed by atoms with Crippen molar-refractivity contribution in [3.63, 3.8) is 0 Å². The maximum Gasteiger partial charge on any atom is 0.0544 e. The van der Waals surface area contributed by atoms with Gasteiger partial charge in [-0.3, -0.25) is 0 Å². The summed E-state index contributed by atoms with van der Waals surface area (Å²) >= 11 is 0. The van der Waals surface area contributed by atoms with Crippen LogP contribution in [0.2, 0.25) is 0 Å². The van der Waals surface area contributed by atoms with Gasteiger partial charge >= 0.3 is 0 Å². The van der Waals surface area contributed by atoms with Gasteiger partial charge in [0.1, 0.15) is 0 Å². The van der Waals surface area contributed by atoms with Crippen LogP contribution in [0.5, 0.6) is 0 Å². The smallest absolute Gasteiger partial charge is 0.0544 e. The average molecular weight is 204 g/mol. The van der Waals surface area contributed by atoms with Crippen LogP contribution in [0.25, 0.3) is 0 Å². The maximum atomic E-state index is 5.35. The van der Waals surface area contributed by atoms with E-state index in [1.807, 2.05) is 0 Å². The molecule has 82 valence electrons. The van der Waals surface area contributed by atoms with Crippen LogP contribution >= 0.6 is 0 Å². The van der Waals surface area contributed by atoms with E-state index in [2.05, 4.69) is 38.1 Å². The van der Waals surface area contributed by atoms with Crippen LogP contribution in [0.4, 0.5) is 0 Å². The third-order valence-electron chi connectivity index (χ3n) is 3.75. The van der Waals surface area contributed by atoms with Gasteiger partial charge in [0.05, 0.1) is 13.2 Å². The minimum absolute atomic E-state index is 0.488. The summed E-state index contributed by atoms with van der Waals surface area (Å²) in [5.41, 5.74) is 3.41. The Bertz CT molecular complexity index is 320. The van der Waals surface area contributed by atoms with Crippen molar-refractivity contribution in [2.24, 2.45) is 5.41 Å². The SMILES string of the molecule is CCC1(CCc2ccccc2C)COC1. The van der Waals surface area contributed by atoms with Crippen molar-refractivity contribution in [2.75, 3.05) is 13.2 Å². The summed E-state index contributed by atoms with van der Waals surface area (Å²) in [6.45, 7) is 6.41. The fourth-order valence-corrected chi connectivity index (χ4v) is 2.21. The van der Waals surface area contributed by atoms with Crippen LogP contribution in [0.3, 0.4) is 0 Å². The number of rotatable bonds is 4. The van der Waals surface area contributed by atoms with Crippen LogP contribution in [0.15, 0.2) is 24.3 Å². The molecule has 0 amide bonds. The molecule has 15 heavy (non-hydrogen) atoms. The molecule has 1 fully saturated rings. The third kappa shape index (κ3) is 2.23. The zero-order valence-electron chi connectivity index (χ0n) is 9.75. The lowest BCUT2D eigenvalue weighted by Gasteiger charge is -2.41. The largest absolute Gasteiger partial charge is 0.380 e. The van der Waals surface area contributed by atoms with Gasteiger partial charge in [-0.05, 0) is 37.3 Å². The normalized spacial score (nSPS) is 18.5. The van der Waals surface area contributed by atoms with Gasteiger partial charge in [0.2, 0.25) is 0 Å². The second-order valence-electron chi connectivity index (χ2n) is 4.77. The first-order valence-electron chi connectivity index (χ1n) is 5.88. The predicted octanol–water partition coefficient (Wildman–Crippen LogP) is 3.35. The zero-order valence-corrected chi connectivity index (χ0v) is 9.75. The molecule has 0 radical (unpaired) electrons. The standard InChI is InChI=1S/C14H20O/c1-3-14(10-15-11-14)9-8-13-7-5-4-6-12(13)2/h4-7H,3,8-11H2,1-2H3. The summed E-state index contributed by atoms with van der Waals surface area (Å²) in [5, 5.41) is 0. The van der Waals surface area contributed by atoms with E-state index in [9.17, 15) is 0 Å². The molecule has 1 aliphatic rings. The Morgan fingerprint density at radius 1 is 1.27 bits per heavy atom. The Hall–Kier alpha value is -0.820. The summed E-state index contributed by atoms with van der Waals surface area (Å²) in [7, 11) is 0. The number of hydrogen-bond donors (Lipinski definition) is 0. The molecule has 1 aromatic rings. The van der Waals surface area contributed by atoms with Crippen LogP contribution in [-0.2, 0) is 11.2 Å². The minimum atomic E-state index is 0.488. The second-order valence-corrected chi connectivity index (χ2v) is 4.77. The fraction of sp³-hybridized carbons (Fsp3) is 0.571. The topological polar surface area (TPSA) is 9.23 Å². The van der Waals surface area contributed by atoms with Crippen molar-refractivity contribution >= 4 is 0 Å². The molecule has 0 unspecified atom stereocenters. The molecule has 0 aliphatic carbocycles. The Morgan fingerprint density at radius 3 is 2.53 bits per heavy atom. The molecule has 0 aromatic heterocycles. The molecule has 1 saturated heterocycles. The minimum Gasteiger partial charge on any atom is -0.380 e. The van der Waals surface area contributed by atoms with E-state index in [0.29, 0.717) is 5.41 Å². The molecule has 0 atom stereocenters. The van der Waals surface area contributed by atoms with Crippen LogP contribution in [0, 0.1) is 12.3 Å². The first-order valence-corrected chi connectivity index (χ1v) is 5.88. The van der Waals surface area contributed by atoms with Crippen molar-refractivity contribution < 1.29 is 4.74 Å². The Balaban J connectivity index is 1.95. The highest BCUT2D eigenvalue weighted by molar-refractivity contribution is 5.25. The van der Waals surface area contributed by atoms with E-state index in [1.165, 1.54) is 30.4 Å². The highest BCUT2D eigenvalue weighted by Crippen LogP contribution is 2.36. The van der Waals surface area contributed by atoms with Crippen molar-refractivity contribution in [1.29, 1.82) is 0 Å². The lowest BCUT2D eigenvalue weighted by atomic mass is 9.78. The fourth-order valence-electron chi connectivity index (χ4n) is 2.21. The van der Waals surface area contributed by atoms with Crippen LogP contribution in [0.1, 0.15) is 30.9 Å². The Morgan fingerprint density at radius 2 is 2.00 bits per heavy atom. The van der Waals surface area contributed by atoms with Gasteiger partial charge in [-0.25, -0.2) is 0 Å². The third-order valence-corrected chi connectivity index (χ3v) is 3.75. The summed E-state index contributed by atoms with van der Waals surface area (Å²) < 4.78 is 5.35. The highest BCUT2D eigenvalue weighted by Gasteiger charge is 2.35. The number of aryl methyl sites for hydroxylation is 2. The van der Waals surface area contributed by atoms with Crippen molar-refractivity contribution in [3.05, 3.63) is 35.4 Å². The monoisotopic (exact) mass is 204 g/mol. The zero-order chi connectivity index (χ0) is 10.7. The van der Waals surface area contributed by atoms with E-state index in [-0.39, 0.29) is 0 Å². The van der Waals surface area contributed by atoms with E-state index in [4.69, 9.17) is 4.74 Å². The Labute approximate surface area is 92.5 Å². The molecule has 0 saturated carbocycles. The summed E-state index contributed by atoms with van der Waals surface area (Å²) in [4.78, 5) is 0. The lowest BCUT2D eigenvalue weighted by molar-refractivity contribution is -0.119. The first-order chi connectivity index (χ1) is 7.26. The first kappa shape index (κ1) is 10.7. The van der Waals surface area contributed by atoms with Crippen LogP contribution in [-0.4, -0.2) is 13.2 Å². The summed E-state index contributed by atoms with van der Waals surface area (Å²) in [6.07, 6.45) is 3.72. The number of ether oxygens (including phenoxy) is 1. The van der Waals surface area contributed by atoms with Gasteiger partial charge in [0, 0.05) is 5.41 Å². The highest BCUT2D eigenvalue weighted by atomic mass is 16.5. The van der Waals surface area contributed by atoms with Gasteiger partial charge in [-0.15, -0.1) is 0 Å². The molecule has 1 heteroatoms. The molecule has 1 aliphatic heterocycles. The van der Waals surface area contributed by atoms with Gasteiger partial charge in [0.15, 0.2) is 0 Å².